The van der Waals surface area contributed by atoms with E-state index in [-0.39, 0.29) is 5.56 Å². The standard InChI is InChI=1S/C21H14N2O3/c1-2-13-6-7-14-11-17(21(25)26)20(24)23(19(14)10-13)18-5-3-4-15-12-22-9-8-16(15)18/h2-12H,1H2,(H,25,26). The monoisotopic (exact) mass is 342 g/mol. The SMILES string of the molecule is C=Cc1ccc2cc(C(=O)O)c(=O)n(-c3cccc4cnccc34)c2c1. The molecular formula is C21H14N2O3. The fraction of sp³-hybridized carbons (Fsp3) is 0. The van der Waals surface area contributed by atoms with Crippen LogP contribution in [0.2, 0.25) is 0 Å². The molecule has 0 aliphatic rings. The van der Waals surface area contributed by atoms with Gasteiger partial charge in [-0.15, -0.1) is 0 Å². The molecule has 2 aromatic carbocycles. The molecule has 0 fully saturated rings. The van der Waals surface area contributed by atoms with Gasteiger partial charge >= 0.3 is 5.97 Å². The predicted molar refractivity (Wildman–Crippen MR) is 102 cm³/mol. The van der Waals surface area contributed by atoms with E-state index in [4.69, 9.17) is 0 Å². The van der Waals surface area contributed by atoms with Crippen LogP contribution in [0.5, 0.6) is 0 Å². The van der Waals surface area contributed by atoms with Crippen LogP contribution in [0.25, 0.3) is 33.4 Å². The maximum Gasteiger partial charge on any atom is 0.341 e. The molecule has 4 rings (SSSR count). The number of pyridine rings is 2. The van der Waals surface area contributed by atoms with Crippen molar-refractivity contribution in [1.82, 2.24) is 9.55 Å². The van der Waals surface area contributed by atoms with Gasteiger partial charge in [-0.05, 0) is 35.2 Å². The van der Waals surface area contributed by atoms with Gasteiger partial charge in [0.2, 0.25) is 0 Å². The van der Waals surface area contributed by atoms with E-state index in [1.807, 2.05) is 30.3 Å². The van der Waals surface area contributed by atoms with Gasteiger partial charge < -0.3 is 5.11 Å². The van der Waals surface area contributed by atoms with E-state index in [1.54, 1.807) is 30.6 Å². The molecule has 126 valence electrons. The molecule has 1 N–H and O–H groups in total. The van der Waals surface area contributed by atoms with E-state index in [2.05, 4.69) is 11.6 Å². The first-order valence-electron chi connectivity index (χ1n) is 7.99. The third-order valence-corrected chi connectivity index (χ3v) is 4.39. The van der Waals surface area contributed by atoms with Gasteiger partial charge in [-0.1, -0.05) is 36.9 Å². The third kappa shape index (κ3) is 2.38. The van der Waals surface area contributed by atoms with Gasteiger partial charge in [0.1, 0.15) is 5.56 Å². The smallest absolute Gasteiger partial charge is 0.341 e. The normalized spacial score (nSPS) is 10.9. The van der Waals surface area contributed by atoms with Crippen LogP contribution < -0.4 is 5.56 Å². The molecule has 0 radical (unpaired) electrons. The molecule has 0 spiro atoms. The summed E-state index contributed by atoms with van der Waals surface area (Å²) in [7, 11) is 0. The molecule has 0 bridgehead atoms. The molecule has 0 amide bonds. The lowest BCUT2D eigenvalue weighted by atomic mass is 10.1. The molecule has 0 saturated heterocycles. The van der Waals surface area contributed by atoms with Crippen molar-refractivity contribution in [2.45, 2.75) is 0 Å². The van der Waals surface area contributed by atoms with Crippen molar-refractivity contribution in [3.05, 3.63) is 89.0 Å². The number of nitrogens with zero attached hydrogens (tertiary/aromatic N) is 2. The third-order valence-electron chi connectivity index (χ3n) is 4.39. The second kappa shape index (κ2) is 5.97. The van der Waals surface area contributed by atoms with Gasteiger partial charge in [0.25, 0.3) is 5.56 Å². The summed E-state index contributed by atoms with van der Waals surface area (Å²) in [6.45, 7) is 3.77. The maximum absolute atomic E-state index is 13.0. The number of rotatable bonds is 3. The lowest BCUT2D eigenvalue weighted by Gasteiger charge is -2.14. The highest BCUT2D eigenvalue weighted by Crippen LogP contribution is 2.25. The van der Waals surface area contributed by atoms with Crippen molar-refractivity contribution in [3.8, 4) is 5.69 Å². The summed E-state index contributed by atoms with van der Waals surface area (Å²) in [4.78, 5) is 28.7. The van der Waals surface area contributed by atoms with Gasteiger partial charge in [0, 0.05) is 23.2 Å². The predicted octanol–water partition coefficient (Wildman–Crippen LogP) is 3.88. The van der Waals surface area contributed by atoms with Gasteiger partial charge in [-0.2, -0.15) is 0 Å². The fourth-order valence-corrected chi connectivity index (χ4v) is 3.14. The fourth-order valence-electron chi connectivity index (χ4n) is 3.14. The van der Waals surface area contributed by atoms with E-state index in [0.29, 0.717) is 16.6 Å². The molecule has 2 heterocycles. The Bertz CT molecular complexity index is 1250. The summed E-state index contributed by atoms with van der Waals surface area (Å²) >= 11 is 0. The minimum Gasteiger partial charge on any atom is -0.477 e. The Hall–Kier alpha value is -3.73. The molecule has 0 atom stereocenters. The Labute approximate surface area is 148 Å². The van der Waals surface area contributed by atoms with Crippen molar-refractivity contribution in [2.24, 2.45) is 0 Å². The van der Waals surface area contributed by atoms with Crippen LogP contribution in [0.3, 0.4) is 0 Å². The Balaban J connectivity index is 2.23. The summed E-state index contributed by atoms with van der Waals surface area (Å²) < 4.78 is 1.45. The lowest BCUT2D eigenvalue weighted by Crippen LogP contribution is -2.25. The number of carboxylic acid groups (broad SMARTS) is 1. The quantitative estimate of drug-likeness (QED) is 0.613. The molecule has 5 nitrogen and oxygen atoms in total. The van der Waals surface area contributed by atoms with E-state index in [1.165, 1.54) is 10.6 Å². The molecule has 0 unspecified atom stereocenters. The molecule has 0 aliphatic heterocycles. The summed E-state index contributed by atoms with van der Waals surface area (Å²) in [6, 6.07) is 14.2. The zero-order valence-electron chi connectivity index (χ0n) is 13.7. The molecule has 5 heteroatoms. The van der Waals surface area contributed by atoms with Crippen molar-refractivity contribution in [3.63, 3.8) is 0 Å². The molecule has 0 saturated carbocycles. The van der Waals surface area contributed by atoms with Crippen molar-refractivity contribution in [1.29, 1.82) is 0 Å². The van der Waals surface area contributed by atoms with Crippen molar-refractivity contribution in [2.75, 3.05) is 0 Å². The summed E-state index contributed by atoms with van der Waals surface area (Å²) in [6.07, 6.45) is 5.05. The van der Waals surface area contributed by atoms with Gasteiger partial charge in [-0.3, -0.25) is 14.3 Å². The highest BCUT2D eigenvalue weighted by Gasteiger charge is 2.17. The number of aromatic carboxylic acids is 1. The number of hydrogen-bond acceptors (Lipinski definition) is 3. The zero-order valence-corrected chi connectivity index (χ0v) is 13.7. The first kappa shape index (κ1) is 15.8. The topological polar surface area (TPSA) is 72.2 Å². The summed E-state index contributed by atoms with van der Waals surface area (Å²) in [5.41, 5.74) is 1.24. The van der Waals surface area contributed by atoms with Crippen molar-refractivity contribution >= 4 is 33.7 Å². The second-order valence-corrected chi connectivity index (χ2v) is 5.90. The van der Waals surface area contributed by atoms with E-state index in [9.17, 15) is 14.7 Å². The Morgan fingerprint density at radius 2 is 1.96 bits per heavy atom. The largest absolute Gasteiger partial charge is 0.477 e. The summed E-state index contributed by atoms with van der Waals surface area (Å²) in [5.74, 6) is -1.25. The van der Waals surface area contributed by atoms with Gasteiger partial charge in [0.15, 0.2) is 0 Å². The lowest BCUT2D eigenvalue weighted by molar-refractivity contribution is 0.0695. The second-order valence-electron chi connectivity index (χ2n) is 5.90. The summed E-state index contributed by atoms with van der Waals surface area (Å²) in [5, 5.41) is 11.8. The number of benzene rings is 2. The van der Waals surface area contributed by atoms with Crippen molar-refractivity contribution < 1.29 is 9.90 Å². The molecule has 26 heavy (non-hydrogen) atoms. The van der Waals surface area contributed by atoms with Gasteiger partial charge in [-0.25, -0.2) is 4.79 Å². The van der Waals surface area contributed by atoms with E-state index < -0.39 is 11.5 Å². The van der Waals surface area contributed by atoms with Crippen LogP contribution in [0, 0.1) is 0 Å². The van der Waals surface area contributed by atoms with Gasteiger partial charge in [0.05, 0.1) is 11.2 Å². The van der Waals surface area contributed by atoms with Crippen LogP contribution in [-0.2, 0) is 0 Å². The zero-order chi connectivity index (χ0) is 18.3. The minimum atomic E-state index is -1.25. The van der Waals surface area contributed by atoms with Crippen LogP contribution >= 0.6 is 0 Å². The van der Waals surface area contributed by atoms with Crippen LogP contribution in [0.1, 0.15) is 15.9 Å². The average Bonchev–Trinajstić information content (AvgIpc) is 2.66. The van der Waals surface area contributed by atoms with E-state index >= 15 is 0 Å². The number of fused-ring (bicyclic) bond motifs is 2. The Kier molecular flexibility index (Phi) is 3.62. The first-order chi connectivity index (χ1) is 12.6. The van der Waals surface area contributed by atoms with Crippen LogP contribution in [0.4, 0.5) is 0 Å². The van der Waals surface area contributed by atoms with Crippen LogP contribution in [-0.4, -0.2) is 20.6 Å². The Morgan fingerprint density at radius 3 is 2.73 bits per heavy atom. The number of hydrogen-bond donors (Lipinski definition) is 1. The molecule has 4 aromatic rings. The molecule has 0 aliphatic carbocycles. The minimum absolute atomic E-state index is 0.269. The van der Waals surface area contributed by atoms with Crippen LogP contribution in [0.15, 0.2) is 72.3 Å². The van der Waals surface area contributed by atoms with E-state index in [0.717, 1.165) is 16.3 Å². The number of carbonyl (C=O) groups is 1. The Morgan fingerprint density at radius 1 is 1.12 bits per heavy atom. The molecular weight excluding hydrogens is 328 g/mol. The number of carboxylic acids is 1. The maximum atomic E-state index is 13.0. The average molecular weight is 342 g/mol. The first-order valence-corrected chi connectivity index (χ1v) is 7.99. The molecule has 2 aromatic heterocycles. The number of aromatic nitrogens is 2. The highest BCUT2D eigenvalue weighted by atomic mass is 16.4. The highest BCUT2D eigenvalue weighted by molar-refractivity contribution is 5.96.